The van der Waals surface area contributed by atoms with Gasteiger partial charge in [-0.1, -0.05) is 38.1 Å². The maximum Gasteiger partial charge on any atom is 0.185 e. The fourth-order valence-corrected chi connectivity index (χ4v) is 3.48. The summed E-state index contributed by atoms with van der Waals surface area (Å²) in [5.41, 5.74) is 9.04. The molecular formula is C16H21N3S. The molecule has 4 heteroatoms. The normalized spacial score (nSPS) is 22.7. The molecular weight excluding hydrogens is 266 g/mol. The lowest BCUT2D eigenvalue weighted by molar-refractivity contribution is 0.498. The van der Waals surface area contributed by atoms with Gasteiger partial charge in [-0.25, -0.2) is 4.98 Å². The molecule has 0 radical (unpaired) electrons. The van der Waals surface area contributed by atoms with Gasteiger partial charge in [0.25, 0.3) is 0 Å². The van der Waals surface area contributed by atoms with Crippen LogP contribution in [0.15, 0.2) is 35.8 Å². The average Bonchev–Trinajstić information content (AvgIpc) is 3.08. The Kier molecular flexibility index (Phi) is 3.52. The molecule has 1 aliphatic heterocycles. The van der Waals surface area contributed by atoms with Crippen LogP contribution in [0.2, 0.25) is 0 Å². The molecule has 1 aliphatic rings. The summed E-state index contributed by atoms with van der Waals surface area (Å²) in [7, 11) is 0. The second-order valence-electron chi connectivity index (χ2n) is 5.92. The number of rotatable bonds is 3. The first-order valence-corrected chi connectivity index (χ1v) is 8.00. The maximum atomic E-state index is 6.68. The van der Waals surface area contributed by atoms with E-state index < -0.39 is 0 Å². The minimum Gasteiger partial charge on any atom is -0.346 e. The Bertz CT molecular complexity index is 579. The average molecular weight is 287 g/mol. The highest BCUT2D eigenvalue weighted by Crippen LogP contribution is 2.34. The zero-order valence-corrected chi connectivity index (χ0v) is 12.9. The number of nitrogens with zero attached hydrogens (tertiary/aromatic N) is 2. The zero-order valence-electron chi connectivity index (χ0n) is 12.0. The number of hydrogen-bond donors (Lipinski definition) is 1. The Labute approximate surface area is 124 Å². The molecule has 0 amide bonds. The number of thiazole rings is 1. The van der Waals surface area contributed by atoms with Crippen LogP contribution in [0.1, 0.15) is 37.3 Å². The molecule has 0 bridgehead atoms. The minimum atomic E-state index is -0.253. The third-order valence-electron chi connectivity index (χ3n) is 4.12. The molecule has 1 aromatic heterocycles. The first-order chi connectivity index (χ1) is 9.58. The summed E-state index contributed by atoms with van der Waals surface area (Å²) in [6, 6.07) is 8.75. The van der Waals surface area contributed by atoms with Crippen molar-refractivity contribution in [2.75, 3.05) is 18.0 Å². The third kappa shape index (κ3) is 2.45. The monoisotopic (exact) mass is 287 g/mol. The van der Waals surface area contributed by atoms with Gasteiger partial charge in [0.05, 0.1) is 5.54 Å². The van der Waals surface area contributed by atoms with Crippen molar-refractivity contribution in [3.05, 3.63) is 47.0 Å². The van der Waals surface area contributed by atoms with Crippen LogP contribution in [0.5, 0.6) is 0 Å². The SMILES string of the molecule is CC(C)c1cccc(C2(N)CCN(c3nccs3)C2)c1. The molecule has 2 N–H and O–H groups in total. The molecule has 0 spiro atoms. The van der Waals surface area contributed by atoms with Crippen LogP contribution >= 0.6 is 11.3 Å². The minimum absolute atomic E-state index is 0.253. The highest BCUT2D eigenvalue weighted by atomic mass is 32.1. The van der Waals surface area contributed by atoms with Crippen molar-refractivity contribution < 1.29 is 0 Å². The van der Waals surface area contributed by atoms with Gasteiger partial charge in [-0.3, -0.25) is 0 Å². The Morgan fingerprint density at radius 3 is 2.95 bits per heavy atom. The van der Waals surface area contributed by atoms with E-state index in [2.05, 4.69) is 48.0 Å². The molecule has 20 heavy (non-hydrogen) atoms. The lowest BCUT2D eigenvalue weighted by atomic mass is 9.87. The van der Waals surface area contributed by atoms with Gasteiger partial charge in [-0.15, -0.1) is 11.3 Å². The smallest absolute Gasteiger partial charge is 0.185 e. The molecule has 1 atom stereocenters. The molecule has 1 unspecified atom stereocenters. The number of anilines is 1. The van der Waals surface area contributed by atoms with Crippen molar-refractivity contribution in [1.29, 1.82) is 0 Å². The summed E-state index contributed by atoms with van der Waals surface area (Å²) in [4.78, 5) is 6.69. The molecule has 0 aliphatic carbocycles. The van der Waals surface area contributed by atoms with Crippen LogP contribution in [-0.4, -0.2) is 18.1 Å². The van der Waals surface area contributed by atoms with Gasteiger partial charge in [0.15, 0.2) is 5.13 Å². The number of hydrogen-bond acceptors (Lipinski definition) is 4. The van der Waals surface area contributed by atoms with Crippen LogP contribution < -0.4 is 10.6 Å². The number of benzene rings is 1. The van der Waals surface area contributed by atoms with Crippen molar-refractivity contribution in [3.63, 3.8) is 0 Å². The molecule has 3 rings (SSSR count). The van der Waals surface area contributed by atoms with Crippen molar-refractivity contribution in [2.24, 2.45) is 5.73 Å². The van der Waals surface area contributed by atoms with Gasteiger partial charge in [0.1, 0.15) is 0 Å². The molecule has 2 aromatic rings. The summed E-state index contributed by atoms with van der Waals surface area (Å²) in [6.07, 6.45) is 2.84. The Hall–Kier alpha value is -1.39. The zero-order chi connectivity index (χ0) is 14.2. The lowest BCUT2D eigenvalue weighted by Crippen LogP contribution is -2.39. The summed E-state index contributed by atoms with van der Waals surface area (Å²) in [6.45, 7) is 6.27. The third-order valence-corrected chi connectivity index (χ3v) is 4.95. The highest BCUT2D eigenvalue weighted by molar-refractivity contribution is 7.13. The summed E-state index contributed by atoms with van der Waals surface area (Å²) >= 11 is 1.68. The second-order valence-corrected chi connectivity index (χ2v) is 6.80. The molecule has 1 fully saturated rings. The van der Waals surface area contributed by atoms with E-state index in [1.807, 2.05) is 11.6 Å². The van der Waals surface area contributed by atoms with Gasteiger partial charge in [-0.05, 0) is 23.5 Å². The van der Waals surface area contributed by atoms with E-state index in [-0.39, 0.29) is 5.54 Å². The van der Waals surface area contributed by atoms with Crippen molar-refractivity contribution in [3.8, 4) is 0 Å². The summed E-state index contributed by atoms with van der Waals surface area (Å²) in [5, 5.41) is 3.10. The highest BCUT2D eigenvalue weighted by Gasteiger charge is 2.37. The van der Waals surface area contributed by atoms with E-state index in [4.69, 9.17) is 5.73 Å². The topological polar surface area (TPSA) is 42.1 Å². The van der Waals surface area contributed by atoms with Gasteiger partial charge >= 0.3 is 0 Å². The lowest BCUT2D eigenvalue weighted by Gasteiger charge is -2.26. The predicted molar refractivity (Wildman–Crippen MR) is 85.3 cm³/mol. The van der Waals surface area contributed by atoms with Gasteiger partial charge in [0, 0.05) is 24.7 Å². The van der Waals surface area contributed by atoms with Crippen LogP contribution in [0.4, 0.5) is 5.13 Å². The predicted octanol–water partition coefficient (Wildman–Crippen LogP) is 3.33. The van der Waals surface area contributed by atoms with E-state index in [9.17, 15) is 0 Å². The van der Waals surface area contributed by atoms with Crippen molar-refractivity contribution in [2.45, 2.75) is 31.7 Å². The van der Waals surface area contributed by atoms with Gasteiger partial charge in [-0.2, -0.15) is 0 Å². The van der Waals surface area contributed by atoms with Crippen LogP contribution in [0.25, 0.3) is 0 Å². The van der Waals surface area contributed by atoms with Gasteiger partial charge < -0.3 is 10.6 Å². The standard InChI is InChI=1S/C16H21N3S/c1-12(2)13-4-3-5-14(10-13)16(17)6-8-19(11-16)15-18-7-9-20-15/h3-5,7,9-10,12H,6,8,11,17H2,1-2H3. The Morgan fingerprint density at radius 2 is 2.25 bits per heavy atom. The molecule has 106 valence electrons. The largest absolute Gasteiger partial charge is 0.346 e. The fourth-order valence-electron chi connectivity index (χ4n) is 2.81. The van der Waals surface area contributed by atoms with Crippen molar-refractivity contribution >= 4 is 16.5 Å². The van der Waals surface area contributed by atoms with E-state index in [1.165, 1.54) is 11.1 Å². The van der Waals surface area contributed by atoms with E-state index in [1.54, 1.807) is 11.3 Å². The maximum absolute atomic E-state index is 6.68. The van der Waals surface area contributed by atoms with Crippen LogP contribution in [0.3, 0.4) is 0 Å². The first-order valence-electron chi connectivity index (χ1n) is 7.12. The van der Waals surface area contributed by atoms with E-state index >= 15 is 0 Å². The molecule has 0 saturated carbocycles. The second kappa shape index (κ2) is 5.19. The number of nitrogens with two attached hydrogens (primary N) is 1. The molecule has 3 nitrogen and oxygen atoms in total. The fraction of sp³-hybridized carbons (Fsp3) is 0.438. The van der Waals surface area contributed by atoms with E-state index in [0.717, 1.165) is 24.6 Å². The summed E-state index contributed by atoms with van der Waals surface area (Å²) in [5.74, 6) is 0.537. The quantitative estimate of drug-likeness (QED) is 0.941. The first kappa shape index (κ1) is 13.6. The van der Waals surface area contributed by atoms with Crippen LogP contribution in [-0.2, 0) is 5.54 Å². The number of aromatic nitrogens is 1. The molecule has 1 aromatic carbocycles. The Balaban J connectivity index is 1.85. The van der Waals surface area contributed by atoms with Gasteiger partial charge in [0.2, 0.25) is 0 Å². The molecule has 1 saturated heterocycles. The summed E-state index contributed by atoms with van der Waals surface area (Å²) < 4.78 is 0. The Morgan fingerprint density at radius 1 is 1.40 bits per heavy atom. The van der Waals surface area contributed by atoms with Crippen molar-refractivity contribution in [1.82, 2.24) is 4.98 Å². The van der Waals surface area contributed by atoms with E-state index in [0.29, 0.717) is 5.92 Å². The van der Waals surface area contributed by atoms with Crippen LogP contribution in [0, 0.1) is 0 Å². The molecule has 2 heterocycles.